The number of rotatable bonds is 4. The van der Waals surface area contributed by atoms with Crippen molar-refractivity contribution in [2.24, 2.45) is 41.4 Å². The van der Waals surface area contributed by atoms with Crippen LogP contribution in [-0.4, -0.2) is 55.6 Å². The summed E-state index contributed by atoms with van der Waals surface area (Å²) in [5.41, 5.74) is -2.75. The van der Waals surface area contributed by atoms with E-state index in [2.05, 4.69) is 13.8 Å². The lowest BCUT2D eigenvalue weighted by molar-refractivity contribution is -0.203. The lowest BCUT2D eigenvalue weighted by atomic mass is 9.48. The third kappa shape index (κ3) is 3.23. The number of aliphatic hydroxyl groups excluding tert-OH is 3. The van der Waals surface area contributed by atoms with Crippen LogP contribution in [0.1, 0.15) is 65.7 Å². The van der Waals surface area contributed by atoms with Crippen molar-refractivity contribution in [3.05, 3.63) is 11.3 Å². The molecule has 7 heteroatoms. The van der Waals surface area contributed by atoms with Gasteiger partial charge in [-0.05, 0) is 56.3 Å². The molecule has 0 aliphatic heterocycles. The molecule has 0 aromatic heterocycles. The number of ketones is 3. The summed E-state index contributed by atoms with van der Waals surface area (Å²) >= 11 is 0. The van der Waals surface area contributed by atoms with E-state index in [1.165, 1.54) is 0 Å². The Labute approximate surface area is 188 Å². The Bertz CT molecular complexity index is 847. The molecule has 32 heavy (non-hydrogen) atoms. The lowest BCUT2D eigenvalue weighted by Crippen LogP contribution is -2.68. The fourth-order valence-corrected chi connectivity index (χ4v) is 7.65. The van der Waals surface area contributed by atoms with Gasteiger partial charge in [0.2, 0.25) is 5.78 Å². The van der Waals surface area contributed by atoms with Crippen LogP contribution in [0.2, 0.25) is 0 Å². The second-order valence-electron chi connectivity index (χ2n) is 10.7. The van der Waals surface area contributed by atoms with Crippen molar-refractivity contribution >= 4 is 17.3 Å². The molecule has 0 radical (unpaired) electrons. The van der Waals surface area contributed by atoms with Gasteiger partial charge in [0.05, 0.1) is 12.0 Å². The van der Waals surface area contributed by atoms with Crippen LogP contribution in [0.15, 0.2) is 11.3 Å². The average Bonchev–Trinajstić information content (AvgIpc) is 2.72. The van der Waals surface area contributed by atoms with E-state index >= 15 is 0 Å². The molecule has 0 amide bonds. The van der Waals surface area contributed by atoms with Crippen LogP contribution < -0.4 is 0 Å². The summed E-state index contributed by atoms with van der Waals surface area (Å²) in [7, 11) is 0. The molecule has 10 atom stereocenters. The second kappa shape index (κ2) is 8.33. The van der Waals surface area contributed by atoms with Gasteiger partial charge in [-0.25, -0.2) is 0 Å². The van der Waals surface area contributed by atoms with Gasteiger partial charge in [0.15, 0.2) is 11.4 Å². The van der Waals surface area contributed by atoms with Crippen molar-refractivity contribution in [3.8, 4) is 0 Å². The van der Waals surface area contributed by atoms with Crippen LogP contribution in [-0.2, 0) is 14.4 Å². The van der Waals surface area contributed by atoms with Crippen molar-refractivity contribution < 1.29 is 34.8 Å². The maximum atomic E-state index is 13.8. The molecular formula is C25H36O7. The quantitative estimate of drug-likeness (QED) is 0.484. The van der Waals surface area contributed by atoms with Gasteiger partial charge in [-0.3, -0.25) is 14.4 Å². The molecule has 4 N–H and O–H groups in total. The first-order valence-electron chi connectivity index (χ1n) is 12.2. The summed E-state index contributed by atoms with van der Waals surface area (Å²) in [5.74, 6) is -4.42. The smallest absolute Gasteiger partial charge is 0.204 e. The zero-order valence-electron chi connectivity index (χ0n) is 19.2. The summed E-state index contributed by atoms with van der Waals surface area (Å²) in [6.45, 7) is 5.31. The standard InChI is InChI=1S/C25H36O7/c1-4-6-13-7-12(5-2)16-9-14-8-15-10-17(27)18(11(3)26)23(30)25(15,32)24(31)19(14)22(29)20(16)21(13)28/h12-16,19-21,24,27-28,31-32H,4-10H2,1-3H3. The molecule has 0 aromatic carbocycles. The Morgan fingerprint density at radius 3 is 2.34 bits per heavy atom. The summed E-state index contributed by atoms with van der Waals surface area (Å²) < 4.78 is 0. The highest BCUT2D eigenvalue weighted by Gasteiger charge is 2.66. The number of hydrogen-bond donors (Lipinski definition) is 4. The highest BCUT2D eigenvalue weighted by Crippen LogP contribution is 2.57. The Balaban J connectivity index is 1.71. The highest BCUT2D eigenvalue weighted by molar-refractivity contribution is 6.23. The minimum atomic E-state index is -2.27. The molecule has 4 aliphatic rings. The molecule has 4 rings (SSSR count). The SMILES string of the molecule is CCCC1CC(CC)C2CC3CC4CC(O)=C(C(C)=O)C(=O)C4(O)C(O)C3C(=O)C2C1O. The van der Waals surface area contributed by atoms with Crippen LogP contribution in [0.4, 0.5) is 0 Å². The number of carbonyl (C=O) groups excluding carboxylic acids is 3. The number of hydrogen-bond acceptors (Lipinski definition) is 7. The predicted octanol–water partition coefficient (Wildman–Crippen LogP) is 2.12. The number of aliphatic hydroxyl groups is 4. The third-order valence-electron chi connectivity index (χ3n) is 9.12. The van der Waals surface area contributed by atoms with Gasteiger partial charge >= 0.3 is 0 Å². The molecule has 7 nitrogen and oxygen atoms in total. The van der Waals surface area contributed by atoms with Gasteiger partial charge < -0.3 is 20.4 Å². The van der Waals surface area contributed by atoms with E-state index < -0.39 is 52.7 Å². The molecule has 0 bridgehead atoms. The lowest BCUT2D eigenvalue weighted by Gasteiger charge is -2.57. The molecule has 0 aromatic rings. The van der Waals surface area contributed by atoms with Crippen LogP contribution in [0.5, 0.6) is 0 Å². The Kier molecular flexibility index (Phi) is 6.14. The number of allylic oxidation sites excluding steroid dienone is 1. The maximum absolute atomic E-state index is 13.8. The summed E-state index contributed by atoms with van der Waals surface area (Å²) in [6.07, 6.45) is 2.01. The zero-order valence-corrected chi connectivity index (χ0v) is 19.2. The minimum Gasteiger partial charge on any atom is -0.511 e. The monoisotopic (exact) mass is 448 g/mol. The van der Waals surface area contributed by atoms with E-state index in [1.807, 2.05) is 0 Å². The molecular weight excluding hydrogens is 412 g/mol. The first-order chi connectivity index (χ1) is 15.1. The molecule has 178 valence electrons. The van der Waals surface area contributed by atoms with Gasteiger partial charge in [-0.2, -0.15) is 0 Å². The topological polar surface area (TPSA) is 132 Å². The number of Topliss-reactive ketones (excluding diaryl/α,β-unsaturated/α-hetero) is 3. The molecule has 0 spiro atoms. The van der Waals surface area contributed by atoms with Gasteiger partial charge in [-0.1, -0.05) is 26.7 Å². The second-order valence-corrected chi connectivity index (χ2v) is 10.7. The summed E-state index contributed by atoms with van der Waals surface area (Å²) in [5, 5.41) is 44.1. The van der Waals surface area contributed by atoms with E-state index in [-0.39, 0.29) is 35.7 Å². The first-order valence-corrected chi connectivity index (χ1v) is 12.2. The van der Waals surface area contributed by atoms with Crippen LogP contribution in [0.25, 0.3) is 0 Å². The van der Waals surface area contributed by atoms with Crippen LogP contribution in [0, 0.1) is 41.4 Å². The van der Waals surface area contributed by atoms with Gasteiger partial charge in [0.1, 0.15) is 23.2 Å². The van der Waals surface area contributed by atoms with Crippen molar-refractivity contribution in [2.45, 2.75) is 83.5 Å². The summed E-state index contributed by atoms with van der Waals surface area (Å²) in [4.78, 5) is 38.8. The Morgan fingerprint density at radius 2 is 1.75 bits per heavy atom. The highest BCUT2D eigenvalue weighted by atomic mass is 16.4. The fraction of sp³-hybridized carbons (Fsp3) is 0.800. The van der Waals surface area contributed by atoms with E-state index in [9.17, 15) is 34.8 Å². The van der Waals surface area contributed by atoms with E-state index in [4.69, 9.17) is 0 Å². The van der Waals surface area contributed by atoms with E-state index in [1.54, 1.807) is 0 Å². The zero-order chi connectivity index (χ0) is 23.5. The Hall–Kier alpha value is -1.57. The molecule has 3 saturated carbocycles. The molecule has 0 saturated heterocycles. The van der Waals surface area contributed by atoms with Crippen molar-refractivity contribution in [3.63, 3.8) is 0 Å². The van der Waals surface area contributed by atoms with Gasteiger partial charge in [-0.15, -0.1) is 0 Å². The van der Waals surface area contributed by atoms with Gasteiger partial charge in [0, 0.05) is 18.3 Å². The first kappa shape index (κ1) is 23.6. The third-order valence-corrected chi connectivity index (χ3v) is 9.12. The number of fused-ring (bicyclic) bond motifs is 3. The van der Waals surface area contributed by atoms with Crippen molar-refractivity contribution in [1.29, 1.82) is 0 Å². The van der Waals surface area contributed by atoms with E-state index in [0.29, 0.717) is 18.8 Å². The fourth-order valence-electron chi connectivity index (χ4n) is 7.65. The molecule has 10 unspecified atom stereocenters. The largest absolute Gasteiger partial charge is 0.511 e. The minimum absolute atomic E-state index is 0.0199. The normalized spacial score (nSPS) is 46.4. The van der Waals surface area contributed by atoms with Gasteiger partial charge in [0.25, 0.3) is 0 Å². The average molecular weight is 449 g/mol. The number of carbonyl (C=O) groups is 3. The predicted molar refractivity (Wildman–Crippen MR) is 115 cm³/mol. The van der Waals surface area contributed by atoms with Crippen LogP contribution >= 0.6 is 0 Å². The van der Waals surface area contributed by atoms with Crippen molar-refractivity contribution in [2.75, 3.05) is 0 Å². The van der Waals surface area contributed by atoms with Crippen molar-refractivity contribution in [1.82, 2.24) is 0 Å². The van der Waals surface area contributed by atoms with E-state index in [0.717, 1.165) is 32.6 Å². The molecule has 0 heterocycles. The summed E-state index contributed by atoms with van der Waals surface area (Å²) in [6, 6.07) is 0. The molecule has 3 fully saturated rings. The Morgan fingerprint density at radius 1 is 1.06 bits per heavy atom. The maximum Gasteiger partial charge on any atom is 0.204 e. The molecule has 4 aliphatic carbocycles. The van der Waals surface area contributed by atoms with Crippen LogP contribution in [0.3, 0.4) is 0 Å².